The van der Waals surface area contributed by atoms with Crippen molar-refractivity contribution in [2.45, 2.75) is 38.7 Å². The van der Waals surface area contributed by atoms with Gasteiger partial charge in [0.15, 0.2) is 6.10 Å². The summed E-state index contributed by atoms with van der Waals surface area (Å²) in [7, 11) is 0. The lowest BCUT2D eigenvalue weighted by Gasteiger charge is -2.08. The van der Waals surface area contributed by atoms with Crippen LogP contribution in [0.5, 0.6) is 0 Å². The largest absolute Gasteiger partial charge is 0.464 e. The number of aliphatic hydroxyl groups is 1. The number of hydrogen-bond donors (Lipinski definition) is 1. The number of aliphatic hydroxyl groups excluding tert-OH is 1. The molecule has 4 heteroatoms. The molecule has 1 atom stereocenters. The molecule has 78 valence electrons. The summed E-state index contributed by atoms with van der Waals surface area (Å²) in [6, 6.07) is 0. The van der Waals surface area contributed by atoms with Crippen molar-refractivity contribution in [1.29, 1.82) is 0 Å². The lowest BCUT2D eigenvalue weighted by Crippen LogP contribution is -2.23. The van der Waals surface area contributed by atoms with Gasteiger partial charge in [-0.05, 0) is 12.8 Å². The maximum Gasteiger partial charge on any atom is 0.334 e. The van der Waals surface area contributed by atoms with Gasteiger partial charge < -0.3 is 9.84 Å². The highest BCUT2D eigenvalue weighted by molar-refractivity contribution is 14.1. The summed E-state index contributed by atoms with van der Waals surface area (Å²) >= 11 is 2.12. The zero-order valence-corrected chi connectivity index (χ0v) is 10.1. The van der Waals surface area contributed by atoms with E-state index in [2.05, 4.69) is 29.5 Å². The van der Waals surface area contributed by atoms with Crippen LogP contribution >= 0.6 is 22.6 Å². The van der Waals surface area contributed by atoms with E-state index in [1.54, 1.807) is 0 Å². The minimum atomic E-state index is -0.932. The first kappa shape index (κ1) is 13.2. The molecule has 0 rings (SSSR count). The Hall–Kier alpha value is 0.160. The molecule has 0 spiro atoms. The normalized spacial score (nSPS) is 12.5. The molecule has 0 saturated heterocycles. The van der Waals surface area contributed by atoms with Crippen molar-refractivity contribution in [3.8, 4) is 0 Å². The van der Waals surface area contributed by atoms with Gasteiger partial charge in [0.1, 0.15) is 0 Å². The van der Waals surface area contributed by atoms with Gasteiger partial charge >= 0.3 is 5.97 Å². The highest BCUT2D eigenvalue weighted by Gasteiger charge is 2.14. The first-order valence-corrected chi connectivity index (χ1v) is 6.15. The van der Waals surface area contributed by atoms with E-state index in [9.17, 15) is 9.90 Å². The van der Waals surface area contributed by atoms with E-state index in [0.29, 0.717) is 13.0 Å². The minimum Gasteiger partial charge on any atom is -0.464 e. The number of carbonyl (C=O) groups is 1. The van der Waals surface area contributed by atoms with E-state index in [1.807, 2.05) is 0 Å². The van der Waals surface area contributed by atoms with Crippen molar-refractivity contribution >= 4 is 28.6 Å². The van der Waals surface area contributed by atoms with Gasteiger partial charge in [-0.1, -0.05) is 42.4 Å². The van der Waals surface area contributed by atoms with Crippen LogP contribution in [-0.2, 0) is 9.53 Å². The number of rotatable bonds is 7. The molecule has 0 fully saturated rings. The number of hydrogen-bond acceptors (Lipinski definition) is 3. The van der Waals surface area contributed by atoms with Gasteiger partial charge in [-0.25, -0.2) is 4.79 Å². The fourth-order valence-electron chi connectivity index (χ4n) is 0.842. The molecule has 0 aliphatic heterocycles. The molecule has 0 aliphatic rings. The van der Waals surface area contributed by atoms with E-state index in [1.165, 1.54) is 0 Å². The Kier molecular flexibility index (Phi) is 8.85. The van der Waals surface area contributed by atoms with Crippen molar-refractivity contribution in [3.63, 3.8) is 0 Å². The number of esters is 1. The lowest BCUT2D eigenvalue weighted by atomic mass is 10.2. The summed E-state index contributed by atoms with van der Waals surface area (Å²) in [5.41, 5.74) is 0. The Morgan fingerprint density at radius 3 is 2.77 bits per heavy atom. The fraction of sp³-hybridized carbons (Fsp3) is 0.889. The smallest absolute Gasteiger partial charge is 0.334 e. The second-order valence-electron chi connectivity index (χ2n) is 2.87. The van der Waals surface area contributed by atoms with Gasteiger partial charge in [-0.15, -0.1) is 0 Å². The van der Waals surface area contributed by atoms with Crippen molar-refractivity contribution in [1.82, 2.24) is 0 Å². The predicted molar refractivity (Wildman–Crippen MR) is 60.0 cm³/mol. The summed E-state index contributed by atoms with van der Waals surface area (Å²) in [5.74, 6) is -0.479. The van der Waals surface area contributed by atoms with Crippen LogP contribution in [0.4, 0.5) is 0 Å². The average molecular weight is 300 g/mol. The van der Waals surface area contributed by atoms with Crippen LogP contribution in [0.15, 0.2) is 0 Å². The van der Waals surface area contributed by atoms with E-state index in [0.717, 1.165) is 23.7 Å². The topological polar surface area (TPSA) is 46.5 Å². The third-order valence-corrected chi connectivity index (χ3v) is 2.27. The van der Waals surface area contributed by atoms with E-state index >= 15 is 0 Å². The Bertz CT molecular complexity index is 139. The highest BCUT2D eigenvalue weighted by Crippen LogP contribution is 2.00. The molecule has 3 nitrogen and oxygen atoms in total. The van der Waals surface area contributed by atoms with Gasteiger partial charge in [0.25, 0.3) is 0 Å². The standard InChI is InChI=1S/C9H17IO3/c1-2-3-4-7-13-9(12)8(11)5-6-10/h8,11H,2-7H2,1H3/t8-/m1/s1. The molecular formula is C9H17IO3. The van der Waals surface area contributed by atoms with Crippen LogP contribution in [0.25, 0.3) is 0 Å². The van der Waals surface area contributed by atoms with Crippen molar-refractivity contribution in [3.05, 3.63) is 0 Å². The SMILES string of the molecule is CCCCCOC(=O)[C@H](O)CCI. The quantitative estimate of drug-likeness (QED) is 0.338. The van der Waals surface area contributed by atoms with Crippen molar-refractivity contribution < 1.29 is 14.6 Å². The Balaban J connectivity index is 3.38. The Morgan fingerprint density at radius 1 is 1.54 bits per heavy atom. The molecular weight excluding hydrogens is 283 g/mol. The zero-order valence-electron chi connectivity index (χ0n) is 7.96. The van der Waals surface area contributed by atoms with Gasteiger partial charge in [-0.2, -0.15) is 0 Å². The Labute approximate surface area is 93.0 Å². The molecule has 0 saturated carbocycles. The molecule has 0 aromatic heterocycles. The molecule has 0 radical (unpaired) electrons. The summed E-state index contributed by atoms with van der Waals surface area (Å²) in [6.45, 7) is 2.53. The molecule has 0 aromatic rings. The molecule has 1 N–H and O–H groups in total. The van der Waals surface area contributed by atoms with Crippen LogP contribution < -0.4 is 0 Å². The highest BCUT2D eigenvalue weighted by atomic mass is 127. The number of halogens is 1. The number of carbonyl (C=O) groups excluding carboxylic acids is 1. The van der Waals surface area contributed by atoms with Crippen LogP contribution in [-0.4, -0.2) is 28.2 Å². The van der Waals surface area contributed by atoms with Crippen LogP contribution in [0.2, 0.25) is 0 Å². The van der Waals surface area contributed by atoms with Gasteiger partial charge in [0.05, 0.1) is 6.61 Å². The molecule has 0 unspecified atom stereocenters. The predicted octanol–water partition coefficient (Wildman–Crippen LogP) is 1.91. The maximum absolute atomic E-state index is 11.0. The third-order valence-electron chi connectivity index (χ3n) is 1.65. The zero-order chi connectivity index (χ0) is 10.1. The molecule has 0 bridgehead atoms. The third kappa shape index (κ3) is 7.25. The molecule has 0 heterocycles. The van der Waals surface area contributed by atoms with E-state index < -0.39 is 12.1 Å². The van der Waals surface area contributed by atoms with Gasteiger partial charge in [-0.3, -0.25) is 0 Å². The fourth-order valence-corrected chi connectivity index (χ4v) is 1.43. The monoisotopic (exact) mass is 300 g/mol. The number of alkyl halides is 1. The molecule has 0 aromatic carbocycles. The van der Waals surface area contributed by atoms with E-state index in [4.69, 9.17) is 4.74 Å². The maximum atomic E-state index is 11.0. The van der Waals surface area contributed by atoms with E-state index in [-0.39, 0.29) is 0 Å². The lowest BCUT2D eigenvalue weighted by molar-refractivity contribution is -0.153. The molecule has 13 heavy (non-hydrogen) atoms. The second kappa shape index (κ2) is 8.74. The number of unbranched alkanes of at least 4 members (excludes halogenated alkanes) is 2. The van der Waals surface area contributed by atoms with Crippen LogP contribution in [0.1, 0.15) is 32.6 Å². The van der Waals surface area contributed by atoms with Crippen molar-refractivity contribution in [2.24, 2.45) is 0 Å². The van der Waals surface area contributed by atoms with Gasteiger partial charge in [0, 0.05) is 4.43 Å². The summed E-state index contributed by atoms with van der Waals surface area (Å²) in [6.07, 6.45) is 2.61. The summed E-state index contributed by atoms with van der Waals surface area (Å²) in [4.78, 5) is 11.0. The second-order valence-corrected chi connectivity index (χ2v) is 3.95. The number of ether oxygens (including phenoxy) is 1. The molecule has 0 amide bonds. The van der Waals surface area contributed by atoms with Gasteiger partial charge in [0.2, 0.25) is 0 Å². The first-order valence-electron chi connectivity index (χ1n) is 4.63. The first-order chi connectivity index (χ1) is 6.22. The van der Waals surface area contributed by atoms with Crippen molar-refractivity contribution in [2.75, 3.05) is 11.0 Å². The molecule has 0 aliphatic carbocycles. The van der Waals surface area contributed by atoms with Crippen LogP contribution in [0.3, 0.4) is 0 Å². The summed E-state index contributed by atoms with van der Waals surface area (Å²) in [5, 5.41) is 9.19. The summed E-state index contributed by atoms with van der Waals surface area (Å²) < 4.78 is 5.63. The Morgan fingerprint density at radius 2 is 2.23 bits per heavy atom. The van der Waals surface area contributed by atoms with Crippen LogP contribution in [0, 0.1) is 0 Å². The minimum absolute atomic E-state index is 0.435. The average Bonchev–Trinajstić information content (AvgIpc) is 2.12.